The topological polar surface area (TPSA) is 55.4 Å². The summed E-state index contributed by atoms with van der Waals surface area (Å²) in [6.45, 7) is 3.76. The number of halogens is 1. The van der Waals surface area contributed by atoms with Crippen molar-refractivity contribution in [1.29, 1.82) is 0 Å². The fraction of sp³-hybridized carbons (Fsp3) is 0.273. The highest BCUT2D eigenvalue weighted by atomic mass is 35.5. The van der Waals surface area contributed by atoms with Crippen molar-refractivity contribution in [2.75, 3.05) is 12.4 Å². The molecule has 0 spiro atoms. The standard InChI is InChI=1S/C9H10ClNO.C2H4O2/c1-6-5-8(10)3-4-9(6)11-7(2)12;1-4-2-3/h3-5H,1-2H3,(H,11,12);2H,1H3. The van der Waals surface area contributed by atoms with Crippen LogP contribution in [0.5, 0.6) is 0 Å². The van der Waals surface area contributed by atoms with E-state index in [1.165, 1.54) is 14.0 Å². The zero-order valence-electron chi connectivity index (χ0n) is 9.41. The molecule has 5 heteroatoms. The molecule has 4 nitrogen and oxygen atoms in total. The Hall–Kier alpha value is -1.55. The van der Waals surface area contributed by atoms with Crippen LogP contribution in [-0.4, -0.2) is 19.5 Å². The smallest absolute Gasteiger partial charge is 0.292 e. The lowest BCUT2D eigenvalue weighted by molar-refractivity contribution is -0.126. The van der Waals surface area contributed by atoms with Gasteiger partial charge in [-0.05, 0) is 30.7 Å². The highest BCUT2D eigenvalue weighted by Crippen LogP contribution is 2.19. The Balaban J connectivity index is 0.000000487. The van der Waals surface area contributed by atoms with Crippen LogP contribution in [0.15, 0.2) is 18.2 Å². The third kappa shape index (κ3) is 6.03. The van der Waals surface area contributed by atoms with Crippen molar-refractivity contribution in [2.45, 2.75) is 13.8 Å². The number of benzene rings is 1. The van der Waals surface area contributed by atoms with E-state index in [-0.39, 0.29) is 5.91 Å². The average molecular weight is 244 g/mol. The number of hydrogen-bond donors (Lipinski definition) is 1. The van der Waals surface area contributed by atoms with Crippen LogP contribution < -0.4 is 5.32 Å². The molecule has 0 aromatic heterocycles. The summed E-state index contributed by atoms with van der Waals surface area (Å²) in [5.41, 5.74) is 1.78. The van der Waals surface area contributed by atoms with E-state index >= 15 is 0 Å². The van der Waals surface area contributed by atoms with Gasteiger partial charge in [-0.2, -0.15) is 0 Å². The molecule has 0 heterocycles. The van der Waals surface area contributed by atoms with Gasteiger partial charge in [0.15, 0.2) is 0 Å². The van der Waals surface area contributed by atoms with Crippen molar-refractivity contribution in [1.82, 2.24) is 0 Å². The van der Waals surface area contributed by atoms with Crippen LogP contribution in [0, 0.1) is 6.92 Å². The van der Waals surface area contributed by atoms with E-state index in [4.69, 9.17) is 16.4 Å². The van der Waals surface area contributed by atoms with Crippen molar-refractivity contribution in [3.05, 3.63) is 28.8 Å². The third-order valence-electron chi connectivity index (χ3n) is 1.60. The third-order valence-corrected chi connectivity index (χ3v) is 1.83. The number of hydrogen-bond acceptors (Lipinski definition) is 3. The second-order valence-corrected chi connectivity index (χ2v) is 3.41. The van der Waals surface area contributed by atoms with Crippen molar-refractivity contribution < 1.29 is 14.3 Å². The first kappa shape index (κ1) is 14.5. The monoisotopic (exact) mass is 243 g/mol. The van der Waals surface area contributed by atoms with Gasteiger partial charge in [-0.1, -0.05) is 11.6 Å². The van der Waals surface area contributed by atoms with Gasteiger partial charge in [-0.3, -0.25) is 9.59 Å². The maximum absolute atomic E-state index is 10.7. The molecular weight excluding hydrogens is 230 g/mol. The summed E-state index contributed by atoms with van der Waals surface area (Å²) in [4.78, 5) is 19.7. The summed E-state index contributed by atoms with van der Waals surface area (Å²) in [5.74, 6) is -0.0691. The molecule has 1 rings (SSSR count). The number of ether oxygens (including phenoxy) is 1. The molecule has 0 aliphatic rings. The molecule has 0 aliphatic carbocycles. The van der Waals surface area contributed by atoms with Gasteiger partial charge in [-0.25, -0.2) is 0 Å². The molecule has 0 fully saturated rings. The van der Waals surface area contributed by atoms with Crippen molar-refractivity contribution in [3.8, 4) is 0 Å². The average Bonchev–Trinajstić information content (AvgIpc) is 2.22. The van der Waals surface area contributed by atoms with Crippen LogP contribution in [0.3, 0.4) is 0 Å². The molecule has 0 saturated carbocycles. The lowest BCUT2D eigenvalue weighted by Gasteiger charge is -2.05. The lowest BCUT2D eigenvalue weighted by Crippen LogP contribution is -2.06. The minimum atomic E-state index is -0.0691. The van der Waals surface area contributed by atoms with Gasteiger partial charge in [0.1, 0.15) is 0 Å². The summed E-state index contributed by atoms with van der Waals surface area (Å²) in [6.07, 6.45) is 0. The molecule has 1 amide bonds. The van der Waals surface area contributed by atoms with Gasteiger partial charge in [0.2, 0.25) is 5.91 Å². The van der Waals surface area contributed by atoms with Crippen molar-refractivity contribution >= 4 is 29.7 Å². The fourth-order valence-corrected chi connectivity index (χ4v) is 1.18. The van der Waals surface area contributed by atoms with Gasteiger partial charge >= 0.3 is 0 Å². The minimum absolute atomic E-state index is 0.0691. The van der Waals surface area contributed by atoms with E-state index < -0.39 is 0 Å². The Labute approximate surface area is 99.6 Å². The Morgan fingerprint density at radius 2 is 2.06 bits per heavy atom. The SMILES string of the molecule is CC(=O)Nc1ccc(Cl)cc1C.COC=O. The summed E-state index contributed by atoms with van der Waals surface area (Å²) in [6, 6.07) is 5.35. The van der Waals surface area contributed by atoms with E-state index in [1.807, 2.05) is 13.0 Å². The van der Waals surface area contributed by atoms with Crippen LogP contribution in [0.2, 0.25) is 5.02 Å². The minimum Gasteiger partial charge on any atom is -0.471 e. The number of anilines is 1. The van der Waals surface area contributed by atoms with Gasteiger partial charge in [-0.15, -0.1) is 0 Å². The van der Waals surface area contributed by atoms with E-state index in [0.29, 0.717) is 11.5 Å². The van der Waals surface area contributed by atoms with Gasteiger partial charge < -0.3 is 10.1 Å². The molecule has 0 atom stereocenters. The highest BCUT2D eigenvalue weighted by Gasteiger charge is 1.99. The molecular formula is C11H14ClNO3. The largest absolute Gasteiger partial charge is 0.471 e. The Kier molecular flexibility index (Phi) is 6.96. The summed E-state index contributed by atoms with van der Waals surface area (Å²) in [5, 5.41) is 3.38. The van der Waals surface area contributed by atoms with Gasteiger partial charge in [0.25, 0.3) is 6.47 Å². The van der Waals surface area contributed by atoms with Crippen LogP contribution in [0.1, 0.15) is 12.5 Å². The number of carbonyl (C=O) groups is 2. The Morgan fingerprint density at radius 1 is 1.50 bits per heavy atom. The Bertz CT molecular complexity index is 366. The molecule has 88 valence electrons. The molecule has 16 heavy (non-hydrogen) atoms. The van der Waals surface area contributed by atoms with Crippen LogP contribution in [-0.2, 0) is 14.3 Å². The van der Waals surface area contributed by atoms with Crippen LogP contribution in [0.4, 0.5) is 5.69 Å². The molecule has 0 unspecified atom stereocenters. The quantitative estimate of drug-likeness (QED) is 0.812. The normalized spacial score (nSPS) is 8.50. The molecule has 1 N–H and O–H groups in total. The van der Waals surface area contributed by atoms with Gasteiger partial charge in [0.05, 0.1) is 7.11 Å². The fourth-order valence-electron chi connectivity index (χ4n) is 0.957. The van der Waals surface area contributed by atoms with Crippen LogP contribution in [0.25, 0.3) is 0 Å². The Morgan fingerprint density at radius 3 is 2.44 bits per heavy atom. The molecule has 0 radical (unpaired) electrons. The number of aryl methyl sites for hydroxylation is 1. The first-order chi connectivity index (χ1) is 7.51. The van der Waals surface area contributed by atoms with Crippen molar-refractivity contribution in [3.63, 3.8) is 0 Å². The van der Waals surface area contributed by atoms with Gasteiger partial charge in [0, 0.05) is 17.6 Å². The van der Waals surface area contributed by atoms with Crippen LogP contribution >= 0.6 is 11.6 Å². The molecule has 0 saturated heterocycles. The second-order valence-electron chi connectivity index (χ2n) is 2.97. The highest BCUT2D eigenvalue weighted by molar-refractivity contribution is 6.30. The first-order valence-corrected chi connectivity index (χ1v) is 4.89. The molecule has 0 aliphatic heterocycles. The summed E-state index contributed by atoms with van der Waals surface area (Å²) < 4.78 is 3.86. The van der Waals surface area contributed by atoms with E-state index in [1.54, 1.807) is 12.1 Å². The number of rotatable bonds is 2. The predicted octanol–water partition coefficient (Wildman–Crippen LogP) is 2.40. The number of amides is 1. The van der Waals surface area contributed by atoms with E-state index in [0.717, 1.165) is 11.3 Å². The first-order valence-electron chi connectivity index (χ1n) is 4.51. The molecule has 0 bridgehead atoms. The summed E-state index contributed by atoms with van der Waals surface area (Å²) in [7, 11) is 1.31. The van der Waals surface area contributed by atoms with E-state index in [9.17, 15) is 4.79 Å². The number of nitrogens with one attached hydrogen (secondary N) is 1. The number of carbonyl (C=O) groups excluding carboxylic acids is 2. The zero-order valence-corrected chi connectivity index (χ0v) is 10.2. The van der Waals surface area contributed by atoms with E-state index in [2.05, 4.69) is 10.1 Å². The zero-order chi connectivity index (χ0) is 12.6. The second kappa shape index (κ2) is 7.70. The predicted molar refractivity (Wildman–Crippen MR) is 63.6 cm³/mol. The molecule has 1 aromatic carbocycles. The maximum Gasteiger partial charge on any atom is 0.292 e. The maximum atomic E-state index is 10.7. The molecule has 1 aromatic rings. The summed E-state index contributed by atoms with van der Waals surface area (Å²) >= 11 is 5.74. The lowest BCUT2D eigenvalue weighted by atomic mass is 10.2. The van der Waals surface area contributed by atoms with Crippen molar-refractivity contribution in [2.24, 2.45) is 0 Å². The number of methoxy groups -OCH3 is 1.